The topological polar surface area (TPSA) is 106 Å². The molecule has 8 heteroatoms. The van der Waals surface area contributed by atoms with E-state index in [0.29, 0.717) is 22.8 Å². The SMILES string of the molecule is COc1cccc(-c2nnn([C@@H](C)C(=O)Nc3cccc(C#N)c3)n2)c1. The summed E-state index contributed by atoms with van der Waals surface area (Å²) in [5, 5.41) is 23.9. The Morgan fingerprint density at radius 1 is 1.27 bits per heavy atom. The average molecular weight is 348 g/mol. The molecule has 0 unspecified atom stereocenters. The molecule has 1 heterocycles. The minimum Gasteiger partial charge on any atom is -0.497 e. The van der Waals surface area contributed by atoms with Crippen molar-refractivity contribution >= 4 is 11.6 Å². The zero-order chi connectivity index (χ0) is 18.5. The van der Waals surface area contributed by atoms with Gasteiger partial charge in [-0.25, -0.2) is 0 Å². The van der Waals surface area contributed by atoms with Crippen LogP contribution in [-0.2, 0) is 4.79 Å². The van der Waals surface area contributed by atoms with Crippen LogP contribution in [-0.4, -0.2) is 33.2 Å². The summed E-state index contributed by atoms with van der Waals surface area (Å²) >= 11 is 0. The van der Waals surface area contributed by atoms with E-state index >= 15 is 0 Å². The number of nitrogens with one attached hydrogen (secondary N) is 1. The van der Waals surface area contributed by atoms with Crippen molar-refractivity contribution in [3.63, 3.8) is 0 Å². The minimum atomic E-state index is -0.674. The quantitative estimate of drug-likeness (QED) is 0.759. The molecule has 0 bridgehead atoms. The zero-order valence-corrected chi connectivity index (χ0v) is 14.2. The Morgan fingerprint density at radius 2 is 2.08 bits per heavy atom. The number of hydrogen-bond acceptors (Lipinski definition) is 6. The number of carbonyl (C=O) groups is 1. The number of hydrogen-bond donors (Lipinski definition) is 1. The van der Waals surface area contributed by atoms with Crippen LogP contribution in [0.5, 0.6) is 5.75 Å². The van der Waals surface area contributed by atoms with Gasteiger partial charge in [0.25, 0.3) is 5.91 Å². The van der Waals surface area contributed by atoms with E-state index in [1.807, 2.05) is 24.3 Å². The lowest BCUT2D eigenvalue weighted by molar-refractivity contribution is -0.119. The van der Waals surface area contributed by atoms with E-state index in [9.17, 15) is 4.79 Å². The summed E-state index contributed by atoms with van der Waals surface area (Å²) in [7, 11) is 1.58. The second-order valence-corrected chi connectivity index (χ2v) is 5.52. The normalized spacial score (nSPS) is 11.4. The van der Waals surface area contributed by atoms with Gasteiger partial charge in [-0.2, -0.15) is 10.1 Å². The van der Waals surface area contributed by atoms with Gasteiger partial charge in [-0.3, -0.25) is 4.79 Å². The molecule has 1 aromatic heterocycles. The maximum Gasteiger partial charge on any atom is 0.250 e. The summed E-state index contributed by atoms with van der Waals surface area (Å²) in [5.41, 5.74) is 1.74. The van der Waals surface area contributed by atoms with Gasteiger partial charge < -0.3 is 10.1 Å². The Morgan fingerprint density at radius 3 is 2.85 bits per heavy atom. The highest BCUT2D eigenvalue weighted by Gasteiger charge is 2.19. The second kappa shape index (κ2) is 7.44. The van der Waals surface area contributed by atoms with Crippen molar-refractivity contribution in [2.24, 2.45) is 0 Å². The fourth-order valence-corrected chi connectivity index (χ4v) is 2.28. The molecule has 1 atom stereocenters. The van der Waals surface area contributed by atoms with Crippen molar-refractivity contribution in [2.75, 3.05) is 12.4 Å². The van der Waals surface area contributed by atoms with Crippen LogP contribution in [0.1, 0.15) is 18.5 Å². The number of rotatable bonds is 5. The molecule has 26 heavy (non-hydrogen) atoms. The van der Waals surface area contributed by atoms with Gasteiger partial charge in [-0.05, 0) is 42.5 Å². The minimum absolute atomic E-state index is 0.310. The predicted octanol–water partition coefficient (Wildman–Crippen LogP) is 2.42. The average Bonchev–Trinajstić information content (AvgIpc) is 3.17. The molecule has 3 rings (SSSR count). The molecule has 0 aliphatic rings. The molecule has 0 saturated heterocycles. The molecule has 0 fully saturated rings. The van der Waals surface area contributed by atoms with E-state index in [1.165, 1.54) is 4.80 Å². The van der Waals surface area contributed by atoms with E-state index in [0.717, 1.165) is 5.56 Å². The van der Waals surface area contributed by atoms with Crippen molar-refractivity contribution in [1.29, 1.82) is 5.26 Å². The number of carbonyl (C=O) groups excluding carboxylic acids is 1. The first-order valence-electron chi connectivity index (χ1n) is 7.85. The lowest BCUT2D eigenvalue weighted by Gasteiger charge is -2.10. The Bertz CT molecular complexity index is 976. The van der Waals surface area contributed by atoms with Crippen LogP contribution in [0.4, 0.5) is 5.69 Å². The zero-order valence-electron chi connectivity index (χ0n) is 14.2. The van der Waals surface area contributed by atoms with Crippen molar-refractivity contribution in [2.45, 2.75) is 13.0 Å². The van der Waals surface area contributed by atoms with Crippen LogP contribution in [0.2, 0.25) is 0 Å². The Kier molecular flexibility index (Phi) is 4.90. The third kappa shape index (κ3) is 3.67. The van der Waals surface area contributed by atoms with Crippen molar-refractivity contribution < 1.29 is 9.53 Å². The lowest BCUT2D eigenvalue weighted by Crippen LogP contribution is -2.25. The van der Waals surface area contributed by atoms with Crippen LogP contribution in [0.15, 0.2) is 48.5 Å². The van der Waals surface area contributed by atoms with Gasteiger partial charge in [0, 0.05) is 11.3 Å². The molecule has 0 spiro atoms. The Labute approximate surface area is 150 Å². The van der Waals surface area contributed by atoms with Gasteiger partial charge in [0.1, 0.15) is 11.8 Å². The molecule has 1 N–H and O–H groups in total. The van der Waals surface area contributed by atoms with Crippen LogP contribution in [0.25, 0.3) is 11.4 Å². The molecule has 1 amide bonds. The number of anilines is 1. The Hall–Kier alpha value is -3.73. The summed E-state index contributed by atoms with van der Waals surface area (Å²) in [4.78, 5) is 13.7. The molecule has 0 saturated carbocycles. The van der Waals surface area contributed by atoms with Gasteiger partial charge >= 0.3 is 0 Å². The number of amides is 1. The maximum atomic E-state index is 12.4. The molecule has 8 nitrogen and oxygen atoms in total. The number of ether oxygens (including phenoxy) is 1. The number of tetrazole rings is 1. The van der Waals surface area contributed by atoms with Crippen molar-refractivity contribution in [1.82, 2.24) is 20.2 Å². The standard InChI is InChI=1S/C18H16N6O2/c1-12(18(25)20-15-7-3-5-13(9-15)11-19)24-22-17(21-23-24)14-6-4-8-16(10-14)26-2/h3-10,12H,1-2H3,(H,20,25)/t12-/m0/s1. The fraction of sp³-hybridized carbons (Fsp3) is 0.167. The van der Waals surface area contributed by atoms with Crippen LogP contribution in [0.3, 0.4) is 0 Å². The van der Waals surface area contributed by atoms with E-state index in [1.54, 1.807) is 44.4 Å². The lowest BCUT2D eigenvalue weighted by atomic mass is 10.2. The monoisotopic (exact) mass is 348 g/mol. The van der Waals surface area contributed by atoms with Crippen molar-refractivity contribution in [3.8, 4) is 23.2 Å². The highest BCUT2D eigenvalue weighted by atomic mass is 16.5. The van der Waals surface area contributed by atoms with Gasteiger partial charge in [0.2, 0.25) is 5.82 Å². The smallest absolute Gasteiger partial charge is 0.250 e. The van der Waals surface area contributed by atoms with E-state index < -0.39 is 6.04 Å². The number of nitrogens with zero attached hydrogens (tertiary/aromatic N) is 5. The fourth-order valence-electron chi connectivity index (χ4n) is 2.28. The second-order valence-electron chi connectivity index (χ2n) is 5.52. The van der Waals surface area contributed by atoms with E-state index in [-0.39, 0.29) is 5.91 Å². The number of methoxy groups -OCH3 is 1. The maximum absolute atomic E-state index is 12.4. The number of nitriles is 1. The van der Waals surface area contributed by atoms with Crippen LogP contribution in [0, 0.1) is 11.3 Å². The van der Waals surface area contributed by atoms with E-state index in [2.05, 4.69) is 20.7 Å². The molecule has 130 valence electrons. The first-order chi connectivity index (χ1) is 12.6. The van der Waals surface area contributed by atoms with Gasteiger partial charge in [0.05, 0.1) is 18.7 Å². The van der Waals surface area contributed by atoms with Gasteiger partial charge in [0.15, 0.2) is 0 Å². The summed E-state index contributed by atoms with van der Waals surface area (Å²) in [6, 6.07) is 15.3. The number of benzene rings is 2. The molecular weight excluding hydrogens is 332 g/mol. The third-order valence-corrected chi connectivity index (χ3v) is 3.74. The summed E-state index contributed by atoms with van der Waals surface area (Å²) in [6.45, 7) is 1.67. The predicted molar refractivity (Wildman–Crippen MR) is 94.3 cm³/mol. The number of aromatic nitrogens is 4. The first-order valence-corrected chi connectivity index (χ1v) is 7.85. The summed E-state index contributed by atoms with van der Waals surface area (Å²) in [6.07, 6.45) is 0. The largest absolute Gasteiger partial charge is 0.497 e. The van der Waals surface area contributed by atoms with Gasteiger partial charge in [-0.15, -0.1) is 10.2 Å². The van der Waals surface area contributed by atoms with E-state index in [4.69, 9.17) is 10.00 Å². The Balaban J connectivity index is 1.75. The molecule has 0 aliphatic heterocycles. The molecule has 0 radical (unpaired) electrons. The summed E-state index contributed by atoms with van der Waals surface area (Å²) < 4.78 is 5.18. The van der Waals surface area contributed by atoms with Crippen molar-refractivity contribution in [3.05, 3.63) is 54.1 Å². The highest BCUT2D eigenvalue weighted by molar-refractivity contribution is 5.93. The molecule has 0 aliphatic carbocycles. The molecule has 3 aromatic rings. The highest BCUT2D eigenvalue weighted by Crippen LogP contribution is 2.20. The van der Waals surface area contributed by atoms with Crippen LogP contribution < -0.4 is 10.1 Å². The third-order valence-electron chi connectivity index (χ3n) is 3.74. The van der Waals surface area contributed by atoms with Crippen LogP contribution >= 0.6 is 0 Å². The van der Waals surface area contributed by atoms with Gasteiger partial charge in [-0.1, -0.05) is 18.2 Å². The molecule has 2 aromatic carbocycles. The molecular formula is C18H16N6O2. The summed E-state index contributed by atoms with van der Waals surface area (Å²) in [5.74, 6) is 0.770. The first kappa shape index (κ1) is 17.1.